The Bertz CT molecular complexity index is 523. The molecule has 102 valence electrons. The summed E-state index contributed by atoms with van der Waals surface area (Å²) < 4.78 is 1.69. The van der Waals surface area contributed by atoms with E-state index in [1.807, 2.05) is 0 Å². The van der Waals surface area contributed by atoms with Crippen molar-refractivity contribution in [1.82, 2.24) is 9.55 Å². The molecule has 0 amide bonds. The highest BCUT2D eigenvalue weighted by atomic mass is 16.1. The van der Waals surface area contributed by atoms with Crippen molar-refractivity contribution in [2.24, 2.45) is 29.6 Å². The smallest absolute Gasteiger partial charge is 0.254 e. The van der Waals surface area contributed by atoms with Gasteiger partial charge in [0.25, 0.3) is 5.56 Å². The molecule has 4 fully saturated rings. The lowest BCUT2D eigenvalue weighted by Gasteiger charge is -2.54. The molecule has 0 aliphatic heterocycles. The van der Waals surface area contributed by atoms with Gasteiger partial charge in [0.15, 0.2) is 0 Å². The molecule has 0 atom stereocenters. The van der Waals surface area contributed by atoms with Crippen LogP contribution in [0.3, 0.4) is 0 Å². The van der Waals surface area contributed by atoms with Crippen LogP contribution in [0.4, 0.5) is 5.95 Å². The fourth-order valence-electron chi connectivity index (χ4n) is 5.18. The Kier molecular flexibility index (Phi) is 2.47. The minimum Gasteiger partial charge on any atom is -0.369 e. The molecule has 19 heavy (non-hydrogen) atoms. The Morgan fingerprint density at radius 3 is 2.37 bits per heavy atom. The molecule has 4 saturated carbocycles. The van der Waals surface area contributed by atoms with Crippen LogP contribution in [0, 0.1) is 29.6 Å². The average Bonchev–Trinajstić information content (AvgIpc) is 2.36. The van der Waals surface area contributed by atoms with Gasteiger partial charge in [0.2, 0.25) is 5.95 Å². The van der Waals surface area contributed by atoms with Crippen LogP contribution in [-0.2, 0) is 6.54 Å². The number of rotatable bonds is 2. The van der Waals surface area contributed by atoms with Gasteiger partial charge in [0, 0.05) is 18.8 Å². The van der Waals surface area contributed by atoms with E-state index in [1.165, 1.54) is 44.4 Å². The van der Waals surface area contributed by atoms with Crippen molar-refractivity contribution in [3.63, 3.8) is 0 Å². The molecule has 4 nitrogen and oxygen atoms in total. The first kappa shape index (κ1) is 11.5. The van der Waals surface area contributed by atoms with Gasteiger partial charge >= 0.3 is 0 Å². The second-order valence-electron chi connectivity index (χ2n) is 6.85. The zero-order valence-corrected chi connectivity index (χ0v) is 11.2. The van der Waals surface area contributed by atoms with Crippen LogP contribution in [-0.4, -0.2) is 9.55 Å². The molecule has 0 aromatic carbocycles. The molecular formula is C15H21N3O. The molecule has 0 saturated heterocycles. The summed E-state index contributed by atoms with van der Waals surface area (Å²) in [5.74, 6) is 4.62. The molecule has 0 spiro atoms. The van der Waals surface area contributed by atoms with E-state index in [0.717, 1.165) is 30.2 Å². The third kappa shape index (κ3) is 1.80. The predicted octanol–water partition coefficient (Wildman–Crippen LogP) is 1.90. The zero-order valence-electron chi connectivity index (χ0n) is 11.2. The Morgan fingerprint density at radius 2 is 1.79 bits per heavy atom. The second kappa shape index (κ2) is 4.09. The van der Waals surface area contributed by atoms with Gasteiger partial charge in [-0.05, 0) is 61.7 Å². The van der Waals surface area contributed by atoms with Crippen LogP contribution in [0.5, 0.6) is 0 Å². The number of nitrogens with zero attached hydrogens (tertiary/aromatic N) is 2. The summed E-state index contributed by atoms with van der Waals surface area (Å²) in [4.78, 5) is 16.0. The number of nitrogens with two attached hydrogens (primary N) is 1. The molecule has 2 N–H and O–H groups in total. The van der Waals surface area contributed by atoms with Crippen LogP contribution in [0.25, 0.3) is 0 Å². The van der Waals surface area contributed by atoms with E-state index in [1.54, 1.807) is 4.57 Å². The summed E-state index contributed by atoms with van der Waals surface area (Å²) >= 11 is 0. The molecule has 4 heteroatoms. The van der Waals surface area contributed by atoms with Crippen molar-refractivity contribution < 1.29 is 0 Å². The summed E-state index contributed by atoms with van der Waals surface area (Å²) in [6.45, 7) is 0.785. The van der Waals surface area contributed by atoms with Crippen molar-refractivity contribution in [3.05, 3.63) is 22.6 Å². The minimum absolute atomic E-state index is 0.00121. The van der Waals surface area contributed by atoms with Crippen molar-refractivity contribution in [3.8, 4) is 0 Å². The summed E-state index contributed by atoms with van der Waals surface area (Å²) in [5, 5.41) is 0. The van der Waals surface area contributed by atoms with Crippen LogP contribution >= 0.6 is 0 Å². The molecule has 0 unspecified atom stereocenters. The minimum atomic E-state index is 0.00121. The van der Waals surface area contributed by atoms with E-state index < -0.39 is 0 Å². The van der Waals surface area contributed by atoms with Gasteiger partial charge in [-0.3, -0.25) is 9.36 Å². The molecule has 0 radical (unpaired) electrons. The summed E-state index contributed by atoms with van der Waals surface area (Å²) in [7, 11) is 0. The van der Waals surface area contributed by atoms with Crippen LogP contribution in [0.1, 0.15) is 32.1 Å². The first-order valence-electron chi connectivity index (χ1n) is 7.52. The highest BCUT2D eigenvalue weighted by Gasteiger charge is 2.48. The van der Waals surface area contributed by atoms with Crippen LogP contribution in [0.2, 0.25) is 0 Å². The standard InChI is InChI=1S/C15H21N3O/c16-15-17-2-1-14(19)18(15)8-13-11-4-9-3-10(6-11)7-12(13)5-9/h1-2,9-13H,3-8H2,(H2,16,17). The molecule has 4 aliphatic rings. The largest absolute Gasteiger partial charge is 0.369 e. The highest BCUT2D eigenvalue weighted by molar-refractivity contribution is 5.16. The molecule has 1 heterocycles. The Balaban J connectivity index is 1.62. The van der Waals surface area contributed by atoms with E-state index in [2.05, 4.69) is 4.98 Å². The fourth-order valence-corrected chi connectivity index (χ4v) is 5.18. The first-order chi connectivity index (χ1) is 9.20. The lowest BCUT2D eigenvalue weighted by molar-refractivity contribution is -0.0431. The molecular weight excluding hydrogens is 238 g/mol. The third-order valence-corrected chi connectivity index (χ3v) is 5.78. The second-order valence-corrected chi connectivity index (χ2v) is 6.85. The highest BCUT2D eigenvalue weighted by Crippen LogP contribution is 2.56. The SMILES string of the molecule is Nc1nccc(=O)n1CC1C2CC3CC(C2)CC1C3. The van der Waals surface area contributed by atoms with E-state index in [0.29, 0.717) is 11.9 Å². The summed E-state index contributed by atoms with van der Waals surface area (Å²) in [5.41, 5.74) is 5.88. The van der Waals surface area contributed by atoms with Crippen molar-refractivity contribution in [2.45, 2.75) is 38.6 Å². The van der Waals surface area contributed by atoms with Crippen molar-refractivity contribution in [2.75, 3.05) is 5.73 Å². The number of nitrogen functional groups attached to an aromatic ring is 1. The van der Waals surface area contributed by atoms with Crippen LogP contribution < -0.4 is 11.3 Å². The number of anilines is 1. The zero-order chi connectivity index (χ0) is 13.0. The van der Waals surface area contributed by atoms with E-state index in [9.17, 15) is 4.79 Å². The van der Waals surface area contributed by atoms with Gasteiger partial charge in [-0.25, -0.2) is 4.98 Å². The van der Waals surface area contributed by atoms with Crippen molar-refractivity contribution >= 4 is 5.95 Å². The first-order valence-corrected chi connectivity index (χ1v) is 7.52. The van der Waals surface area contributed by atoms with Gasteiger partial charge in [-0.2, -0.15) is 0 Å². The number of hydrogen-bond acceptors (Lipinski definition) is 3. The van der Waals surface area contributed by atoms with Crippen molar-refractivity contribution in [1.29, 1.82) is 0 Å². The molecule has 1 aromatic rings. The summed E-state index contributed by atoms with van der Waals surface area (Å²) in [6.07, 6.45) is 8.50. The molecule has 4 aliphatic carbocycles. The Labute approximate surface area is 113 Å². The van der Waals surface area contributed by atoms with Crippen LogP contribution in [0.15, 0.2) is 17.1 Å². The third-order valence-electron chi connectivity index (χ3n) is 5.78. The fraction of sp³-hybridized carbons (Fsp3) is 0.733. The topological polar surface area (TPSA) is 60.9 Å². The van der Waals surface area contributed by atoms with Gasteiger partial charge < -0.3 is 5.73 Å². The molecule has 1 aromatic heterocycles. The van der Waals surface area contributed by atoms with Gasteiger partial charge in [0.1, 0.15) is 0 Å². The maximum atomic E-state index is 11.9. The molecule has 5 rings (SSSR count). The monoisotopic (exact) mass is 259 g/mol. The Morgan fingerprint density at radius 1 is 1.16 bits per heavy atom. The summed E-state index contributed by atoms with van der Waals surface area (Å²) in [6, 6.07) is 1.52. The maximum absolute atomic E-state index is 11.9. The number of aromatic nitrogens is 2. The lowest BCUT2D eigenvalue weighted by Crippen LogP contribution is -2.47. The lowest BCUT2D eigenvalue weighted by atomic mass is 9.52. The molecule has 4 bridgehead atoms. The van der Waals surface area contributed by atoms with E-state index in [-0.39, 0.29) is 5.56 Å². The van der Waals surface area contributed by atoms with Gasteiger partial charge in [-0.1, -0.05) is 0 Å². The average molecular weight is 259 g/mol. The number of hydrogen-bond donors (Lipinski definition) is 1. The predicted molar refractivity (Wildman–Crippen MR) is 73.4 cm³/mol. The van der Waals surface area contributed by atoms with E-state index >= 15 is 0 Å². The Hall–Kier alpha value is -1.32. The maximum Gasteiger partial charge on any atom is 0.254 e. The van der Waals surface area contributed by atoms with E-state index in [4.69, 9.17) is 5.73 Å². The van der Waals surface area contributed by atoms with Gasteiger partial charge in [-0.15, -0.1) is 0 Å². The normalized spacial score (nSPS) is 39.7. The quantitative estimate of drug-likeness (QED) is 0.882. The van der Waals surface area contributed by atoms with Gasteiger partial charge in [0.05, 0.1) is 0 Å².